The van der Waals surface area contributed by atoms with Crippen LogP contribution in [0.25, 0.3) is 20.8 Å². The first kappa shape index (κ1) is 21.2. The van der Waals surface area contributed by atoms with Crippen molar-refractivity contribution < 1.29 is 9.53 Å². The molecule has 1 aliphatic carbocycles. The summed E-state index contributed by atoms with van der Waals surface area (Å²) >= 11 is 3.42. The highest BCUT2D eigenvalue weighted by molar-refractivity contribution is 7.23. The van der Waals surface area contributed by atoms with Crippen molar-refractivity contribution in [2.45, 2.75) is 45.4 Å². The van der Waals surface area contributed by atoms with Crippen molar-refractivity contribution in [1.29, 1.82) is 0 Å². The summed E-state index contributed by atoms with van der Waals surface area (Å²) in [4.78, 5) is 19.4. The maximum Gasteiger partial charge on any atom is 0.256 e. The molecule has 2 aromatic heterocycles. The lowest BCUT2D eigenvalue weighted by Crippen LogP contribution is -2.11. The van der Waals surface area contributed by atoms with Gasteiger partial charge < -0.3 is 10.1 Å². The van der Waals surface area contributed by atoms with Crippen molar-refractivity contribution in [2.75, 3.05) is 11.9 Å². The van der Waals surface area contributed by atoms with Crippen LogP contribution in [0.1, 0.15) is 53.4 Å². The summed E-state index contributed by atoms with van der Waals surface area (Å²) in [7, 11) is 0. The number of carbonyl (C=O) groups is 1. The van der Waals surface area contributed by atoms with E-state index in [0.717, 1.165) is 52.5 Å². The molecule has 0 aliphatic heterocycles. The van der Waals surface area contributed by atoms with Crippen LogP contribution in [-0.4, -0.2) is 17.5 Å². The van der Waals surface area contributed by atoms with Crippen LogP contribution in [-0.2, 0) is 12.8 Å². The number of carbonyl (C=O) groups excluding carboxylic acids is 1. The van der Waals surface area contributed by atoms with Gasteiger partial charge in [0, 0.05) is 16.0 Å². The Morgan fingerprint density at radius 3 is 2.69 bits per heavy atom. The molecule has 0 saturated heterocycles. The molecule has 0 bridgehead atoms. The minimum absolute atomic E-state index is 0.0916. The molecule has 1 aliphatic rings. The summed E-state index contributed by atoms with van der Waals surface area (Å²) in [5, 5.41) is 5.13. The zero-order chi connectivity index (χ0) is 21.9. The third kappa shape index (κ3) is 4.30. The van der Waals surface area contributed by atoms with Crippen LogP contribution >= 0.6 is 22.7 Å². The monoisotopic (exact) mass is 462 g/mol. The van der Waals surface area contributed by atoms with Gasteiger partial charge in [0.1, 0.15) is 15.8 Å². The number of ether oxygens (including phenoxy) is 1. The Kier molecular flexibility index (Phi) is 6.23. The van der Waals surface area contributed by atoms with Crippen molar-refractivity contribution >= 4 is 43.8 Å². The van der Waals surface area contributed by atoms with Gasteiger partial charge in [-0.3, -0.25) is 4.79 Å². The van der Waals surface area contributed by atoms with Gasteiger partial charge in [-0.05, 0) is 74.1 Å². The smallest absolute Gasteiger partial charge is 0.256 e. The average Bonchev–Trinajstić information content (AvgIpc) is 3.40. The highest BCUT2D eigenvalue weighted by Crippen LogP contribution is 2.46. The number of amides is 1. The number of hydrogen-bond acceptors (Lipinski definition) is 5. The number of benzene rings is 2. The molecule has 32 heavy (non-hydrogen) atoms. The second-order valence-corrected chi connectivity index (χ2v) is 10.2. The highest BCUT2D eigenvalue weighted by Gasteiger charge is 2.25. The Balaban J connectivity index is 1.43. The lowest BCUT2D eigenvalue weighted by Gasteiger charge is -2.12. The molecule has 2 heterocycles. The summed E-state index contributed by atoms with van der Waals surface area (Å²) in [6, 6.07) is 15.6. The van der Waals surface area contributed by atoms with E-state index in [0.29, 0.717) is 12.2 Å². The van der Waals surface area contributed by atoms with Crippen LogP contribution in [0.15, 0.2) is 48.5 Å². The fourth-order valence-electron chi connectivity index (χ4n) is 4.07. The number of hydrogen-bond donors (Lipinski definition) is 1. The molecule has 1 N–H and O–H groups in total. The zero-order valence-corrected chi connectivity index (χ0v) is 19.8. The molecule has 0 saturated carbocycles. The predicted octanol–water partition coefficient (Wildman–Crippen LogP) is 7.33. The first-order valence-corrected chi connectivity index (χ1v) is 12.9. The standard InChI is InChI=1S/C26H26N2O2S2/c1-2-3-16-30-18-14-12-17(13-15-18)24(29)28-26-23(19-8-4-6-10-21(19)31-26)25-27-20-9-5-7-11-22(20)32-25/h5,7,9,11-15H,2-4,6,8,10,16H2,1H3,(H,28,29). The lowest BCUT2D eigenvalue weighted by molar-refractivity contribution is 0.102. The number of nitrogens with one attached hydrogen (secondary N) is 1. The number of aryl methyl sites for hydroxylation is 1. The minimum Gasteiger partial charge on any atom is -0.494 e. The van der Waals surface area contributed by atoms with Gasteiger partial charge in [0.15, 0.2) is 0 Å². The minimum atomic E-state index is -0.0916. The molecule has 0 radical (unpaired) electrons. The number of para-hydroxylation sites is 1. The average molecular weight is 463 g/mol. The predicted molar refractivity (Wildman–Crippen MR) is 134 cm³/mol. The first-order chi connectivity index (χ1) is 15.7. The van der Waals surface area contributed by atoms with E-state index < -0.39 is 0 Å². The molecule has 0 atom stereocenters. The summed E-state index contributed by atoms with van der Waals surface area (Å²) in [6.07, 6.45) is 6.66. The Morgan fingerprint density at radius 2 is 1.88 bits per heavy atom. The number of thiophene rings is 1. The molecule has 4 nitrogen and oxygen atoms in total. The van der Waals surface area contributed by atoms with Gasteiger partial charge in [-0.25, -0.2) is 4.98 Å². The number of fused-ring (bicyclic) bond motifs is 2. The SMILES string of the molecule is CCCCOc1ccc(C(=O)Nc2sc3c(c2-c2nc4ccccc4s2)CCCC3)cc1. The fraction of sp³-hybridized carbons (Fsp3) is 0.308. The molecular weight excluding hydrogens is 436 g/mol. The fourth-order valence-corrected chi connectivity index (χ4v) is 6.47. The second-order valence-electron chi connectivity index (χ2n) is 8.08. The number of anilines is 1. The molecule has 0 unspecified atom stereocenters. The normalized spacial score (nSPS) is 13.2. The van der Waals surface area contributed by atoms with E-state index in [1.54, 1.807) is 22.7 Å². The van der Waals surface area contributed by atoms with E-state index >= 15 is 0 Å². The molecule has 1 amide bonds. The van der Waals surface area contributed by atoms with Crippen LogP contribution < -0.4 is 10.1 Å². The number of nitrogens with zero attached hydrogens (tertiary/aromatic N) is 1. The van der Waals surface area contributed by atoms with Crippen LogP contribution in [0.3, 0.4) is 0 Å². The van der Waals surface area contributed by atoms with Crippen LogP contribution in [0.4, 0.5) is 5.00 Å². The van der Waals surface area contributed by atoms with Gasteiger partial charge in [0.25, 0.3) is 5.91 Å². The van der Waals surface area contributed by atoms with Gasteiger partial charge in [0.05, 0.1) is 16.8 Å². The Bertz CT molecular complexity index is 1210. The van der Waals surface area contributed by atoms with Gasteiger partial charge in [-0.1, -0.05) is 25.5 Å². The van der Waals surface area contributed by atoms with Crippen LogP contribution in [0.2, 0.25) is 0 Å². The topological polar surface area (TPSA) is 51.2 Å². The number of unbranched alkanes of at least 4 members (excludes halogenated alkanes) is 1. The Morgan fingerprint density at radius 1 is 1.06 bits per heavy atom. The van der Waals surface area contributed by atoms with E-state index in [-0.39, 0.29) is 5.91 Å². The summed E-state index contributed by atoms with van der Waals surface area (Å²) in [6.45, 7) is 2.84. The van der Waals surface area contributed by atoms with Gasteiger partial charge in [-0.15, -0.1) is 22.7 Å². The van der Waals surface area contributed by atoms with E-state index in [1.165, 1.54) is 28.0 Å². The Hall–Kier alpha value is -2.70. The molecule has 164 valence electrons. The maximum atomic E-state index is 13.1. The van der Waals surface area contributed by atoms with Gasteiger partial charge in [-0.2, -0.15) is 0 Å². The molecule has 0 fully saturated rings. The summed E-state index contributed by atoms with van der Waals surface area (Å²) in [5.74, 6) is 0.711. The maximum absolute atomic E-state index is 13.1. The summed E-state index contributed by atoms with van der Waals surface area (Å²) in [5.41, 5.74) is 4.14. The quantitative estimate of drug-likeness (QED) is 0.292. The number of aromatic nitrogens is 1. The van der Waals surface area contributed by atoms with Crippen molar-refractivity contribution in [1.82, 2.24) is 4.98 Å². The molecule has 4 aromatic rings. The van der Waals surface area contributed by atoms with Gasteiger partial charge in [0.2, 0.25) is 0 Å². The van der Waals surface area contributed by atoms with Gasteiger partial charge >= 0.3 is 0 Å². The Labute approximate surface area is 196 Å². The third-order valence-corrected chi connectivity index (χ3v) is 8.05. The molecular formula is C26H26N2O2S2. The molecule has 0 spiro atoms. The van der Waals surface area contributed by atoms with Crippen molar-refractivity contribution in [3.05, 3.63) is 64.5 Å². The number of thiazole rings is 1. The van der Waals surface area contributed by atoms with Crippen molar-refractivity contribution in [2.24, 2.45) is 0 Å². The van der Waals surface area contributed by atoms with Crippen molar-refractivity contribution in [3.63, 3.8) is 0 Å². The van der Waals surface area contributed by atoms with E-state index in [4.69, 9.17) is 9.72 Å². The van der Waals surface area contributed by atoms with Crippen LogP contribution in [0, 0.1) is 0 Å². The van der Waals surface area contributed by atoms with E-state index in [1.807, 2.05) is 36.4 Å². The largest absolute Gasteiger partial charge is 0.494 e. The third-order valence-electron chi connectivity index (χ3n) is 5.79. The van der Waals surface area contributed by atoms with E-state index in [2.05, 4.69) is 24.4 Å². The summed E-state index contributed by atoms with van der Waals surface area (Å²) < 4.78 is 6.90. The molecule has 6 heteroatoms. The molecule has 5 rings (SSSR count). The first-order valence-electron chi connectivity index (χ1n) is 11.3. The van der Waals surface area contributed by atoms with Crippen molar-refractivity contribution in [3.8, 4) is 16.3 Å². The zero-order valence-electron chi connectivity index (χ0n) is 18.1. The lowest BCUT2D eigenvalue weighted by atomic mass is 9.95. The van der Waals surface area contributed by atoms with Crippen LogP contribution in [0.5, 0.6) is 5.75 Å². The highest BCUT2D eigenvalue weighted by atomic mass is 32.1. The second kappa shape index (κ2) is 9.43. The number of rotatable bonds is 7. The molecule has 2 aromatic carbocycles. The van der Waals surface area contributed by atoms with E-state index in [9.17, 15) is 4.79 Å².